The van der Waals surface area contributed by atoms with Crippen molar-refractivity contribution in [1.82, 2.24) is 4.98 Å². The summed E-state index contributed by atoms with van der Waals surface area (Å²) in [6.45, 7) is 2.34. The number of hydrogen-bond donors (Lipinski definition) is 1. The molecule has 2 atom stereocenters. The molecule has 0 bridgehead atoms. The summed E-state index contributed by atoms with van der Waals surface area (Å²) in [5.41, 5.74) is 0.989. The van der Waals surface area contributed by atoms with Crippen molar-refractivity contribution in [2.75, 3.05) is 18.6 Å². The maximum Gasteiger partial charge on any atom is 0.214 e. The van der Waals surface area contributed by atoms with Crippen molar-refractivity contribution >= 4 is 34.9 Å². The van der Waals surface area contributed by atoms with E-state index in [2.05, 4.69) is 23.3 Å². The number of rotatable bonds is 12. The van der Waals surface area contributed by atoms with Gasteiger partial charge in [-0.2, -0.15) is 11.8 Å². The van der Waals surface area contributed by atoms with Gasteiger partial charge in [0.25, 0.3) is 0 Å². The molecule has 1 aromatic rings. The molecule has 31 heavy (non-hydrogen) atoms. The van der Waals surface area contributed by atoms with E-state index in [1.165, 1.54) is 0 Å². The minimum absolute atomic E-state index is 0.0180. The molecule has 6 nitrogen and oxygen atoms in total. The predicted molar refractivity (Wildman–Crippen MR) is 125 cm³/mol. The van der Waals surface area contributed by atoms with Crippen LogP contribution in [0.5, 0.6) is 5.88 Å². The first-order valence-electron chi connectivity index (χ1n) is 10.9. The van der Waals surface area contributed by atoms with E-state index in [-0.39, 0.29) is 36.1 Å². The van der Waals surface area contributed by atoms with E-state index in [0.29, 0.717) is 35.0 Å². The number of ether oxygens (including phenoxy) is 1. The monoisotopic (exact) mass is 466 g/mol. The number of allylic oxidation sites excluding steroid dienone is 2. The lowest BCUT2D eigenvalue weighted by atomic mass is 9.83. The molecule has 0 aliphatic heterocycles. The number of carbonyl (C=O) groups excluding carboxylic acids is 1. The molecule has 0 amide bonds. The maximum absolute atomic E-state index is 12.9. The van der Waals surface area contributed by atoms with Crippen LogP contribution in [-0.4, -0.2) is 46.3 Å². The van der Waals surface area contributed by atoms with Gasteiger partial charge in [0.05, 0.1) is 11.3 Å². The topological polar surface area (TPSA) is 81.0 Å². The van der Waals surface area contributed by atoms with E-state index in [1.54, 1.807) is 30.1 Å². The number of ketones is 1. The normalized spacial score (nSPS) is 20.7. The Morgan fingerprint density at radius 2 is 2.23 bits per heavy atom. The van der Waals surface area contributed by atoms with Gasteiger partial charge in [-0.3, -0.25) is 4.79 Å². The van der Waals surface area contributed by atoms with Gasteiger partial charge < -0.3 is 14.7 Å². The molecule has 1 heterocycles. The molecule has 1 aromatic heterocycles. The van der Waals surface area contributed by atoms with E-state index in [9.17, 15) is 9.90 Å². The highest BCUT2D eigenvalue weighted by Crippen LogP contribution is 2.38. The fourth-order valence-electron chi connectivity index (χ4n) is 3.70. The fraction of sp³-hybridized carbons (Fsp3) is 0.609. The molecule has 170 valence electrons. The molecule has 0 spiro atoms. The average Bonchev–Trinajstić information content (AvgIpc) is 3.57. The van der Waals surface area contributed by atoms with E-state index >= 15 is 0 Å². The summed E-state index contributed by atoms with van der Waals surface area (Å²) < 4.78 is 5.73. The summed E-state index contributed by atoms with van der Waals surface area (Å²) in [4.78, 5) is 22.8. The van der Waals surface area contributed by atoms with Crippen LogP contribution in [0.25, 0.3) is 0 Å². The van der Waals surface area contributed by atoms with Crippen LogP contribution in [0.4, 0.5) is 0 Å². The Bertz CT molecular complexity index is 826. The minimum Gasteiger partial charge on any atom is -0.511 e. The minimum atomic E-state index is -0.282. The average molecular weight is 467 g/mol. The zero-order valence-corrected chi connectivity index (χ0v) is 19.8. The number of Topliss-reactive ketones (excluding diaryl/α,β-unsaturated/α-hetero) is 1. The molecule has 8 heteroatoms. The van der Waals surface area contributed by atoms with Crippen LogP contribution in [-0.2, 0) is 9.63 Å². The highest BCUT2D eigenvalue weighted by atomic mass is 35.5. The zero-order valence-electron chi connectivity index (χ0n) is 18.2. The Hall–Kier alpha value is -1.73. The number of aromatic nitrogens is 1. The van der Waals surface area contributed by atoms with E-state index in [0.717, 1.165) is 37.9 Å². The van der Waals surface area contributed by atoms with Gasteiger partial charge in [-0.05, 0) is 49.7 Å². The summed E-state index contributed by atoms with van der Waals surface area (Å²) in [7, 11) is 0. The van der Waals surface area contributed by atoms with Gasteiger partial charge >= 0.3 is 0 Å². The number of carbonyl (C=O) groups is 1. The van der Waals surface area contributed by atoms with Crippen molar-refractivity contribution in [2.45, 2.75) is 58.0 Å². The Labute approximate surface area is 193 Å². The van der Waals surface area contributed by atoms with Crippen molar-refractivity contribution < 1.29 is 19.5 Å². The second-order valence-corrected chi connectivity index (χ2v) is 9.61. The molecule has 2 aliphatic carbocycles. The van der Waals surface area contributed by atoms with Crippen molar-refractivity contribution in [3.8, 4) is 5.88 Å². The number of oxime groups is 1. The first-order valence-corrected chi connectivity index (χ1v) is 12.7. The molecular weight excluding hydrogens is 436 g/mol. The molecule has 1 saturated carbocycles. The van der Waals surface area contributed by atoms with E-state index in [1.807, 2.05) is 0 Å². The standard InChI is InChI=1S/C23H31ClN2O4S/c1-3-4-18(14-29-21-13-17(24)7-9-25-21)30-26-23(16-5-6-16)22-19(27)11-15(8-10-31-2)12-20(22)28/h7,9,13,15-16,18,27H,3-6,8,10-12,14H2,1-2H3. The maximum atomic E-state index is 12.9. The van der Waals surface area contributed by atoms with Gasteiger partial charge in [-0.25, -0.2) is 4.98 Å². The lowest BCUT2D eigenvalue weighted by Crippen LogP contribution is -2.27. The fourth-order valence-corrected chi connectivity index (χ4v) is 4.41. The lowest BCUT2D eigenvalue weighted by Gasteiger charge is -2.24. The summed E-state index contributed by atoms with van der Waals surface area (Å²) in [5.74, 6) is 1.97. The summed E-state index contributed by atoms with van der Waals surface area (Å²) >= 11 is 7.75. The van der Waals surface area contributed by atoms with Gasteiger partial charge in [0, 0.05) is 36.0 Å². The Kier molecular flexibility index (Phi) is 9.08. The van der Waals surface area contributed by atoms with Gasteiger partial charge in [0.2, 0.25) is 5.88 Å². The third-order valence-electron chi connectivity index (χ3n) is 5.50. The first kappa shape index (κ1) is 23.9. The van der Waals surface area contributed by atoms with Crippen LogP contribution in [0.3, 0.4) is 0 Å². The third-order valence-corrected chi connectivity index (χ3v) is 6.38. The lowest BCUT2D eigenvalue weighted by molar-refractivity contribution is -0.116. The highest BCUT2D eigenvalue weighted by Gasteiger charge is 2.38. The quantitative estimate of drug-likeness (QED) is 0.318. The third kappa shape index (κ3) is 7.14. The first-order chi connectivity index (χ1) is 15.0. The number of hydrogen-bond acceptors (Lipinski definition) is 7. The molecule has 0 saturated heterocycles. The van der Waals surface area contributed by atoms with Crippen LogP contribution in [0.1, 0.15) is 51.9 Å². The molecule has 1 N–H and O–H groups in total. The molecule has 2 aliphatic rings. The molecule has 1 fully saturated rings. The molecule has 0 radical (unpaired) electrons. The van der Waals surface area contributed by atoms with Crippen LogP contribution in [0.2, 0.25) is 5.02 Å². The number of aliphatic hydroxyl groups excluding tert-OH is 1. The number of pyridine rings is 1. The van der Waals surface area contributed by atoms with Crippen LogP contribution >= 0.6 is 23.4 Å². The Balaban J connectivity index is 1.69. The van der Waals surface area contributed by atoms with Gasteiger partial charge in [0.15, 0.2) is 11.9 Å². The molecule has 3 rings (SSSR count). The van der Waals surface area contributed by atoms with Gasteiger partial charge in [0.1, 0.15) is 12.4 Å². The summed E-state index contributed by atoms with van der Waals surface area (Å²) in [6.07, 6.45) is 8.87. The second kappa shape index (κ2) is 11.8. The van der Waals surface area contributed by atoms with Gasteiger partial charge in [-0.1, -0.05) is 30.1 Å². The Morgan fingerprint density at radius 1 is 1.42 bits per heavy atom. The SMILES string of the molecule is CCCC(COc1cc(Cl)ccn1)ON=C(C1=C(O)CC(CCSC)CC1=O)C1CC1. The van der Waals surface area contributed by atoms with Crippen molar-refractivity contribution in [1.29, 1.82) is 0 Å². The highest BCUT2D eigenvalue weighted by molar-refractivity contribution is 7.98. The van der Waals surface area contributed by atoms with E-state index in [4.69, 9.17) is 21.2 Å². The number of aliphatic hydroxyl groups is 1. The smallest absolute Gasteiger partial charge is 0.214 e. The summed E-state index contributed by atoms with van der Waals surface area (Å²) in [5, 5.41) is 15.6. The number of halogens is 1. The number of thioether (sulfide) groups is 1. The zero-order chi connectivity index (χ0) is 22.2. The van der Waals surface area contributed by atoms with Crippen molar-refractivity contribution in [2.24, 2.45) is 17.0 Å². The molecular formula is C23H31ClN2O4S. The molecule has 0 aromatic carbocycles. The molecule has 2 unspecified atom stereocenters. The number of nitrogens with zero attached hydrogens (tertiary/aromatic N) is 2. The second-order valence-electron chi connectivity index (χ2n) is 8.19. The largest absolute Gasteiger partial charge is 0.511 e. The van der Waals surface area contributed by atoms with Crippen molar-refractivity contribution in [3.05, 3.63) is 34.7 Å². The predicted octanol–water partition coefficient (Wildman–Crippen LogP) is 5.61. The van der Waals surface area contributed by atoms with Gasteiger partial charge in [-0.15, -0.1) is 0 Å². The van der Waals surface area contributed by atoms with Crippen LogP contribution < -0.4 is 4.74 Å². The van der Waals surface area contributed by atoms with Crippen LogP contribution in [0, 0.1) is 11.8 Å². The van der Waals surface area contributed by atoms with E-state index < -0.39 is 0 Å². The summed E-state index contributed by atoms with van der Waals surface area (Å²) in [6, 6.07) is 3.34. The Morgan fingerprint density at radius 3 is 2.87 bits per heavy atom. The van der Waals surface area contributed by atoms with Crippen LogP contribution in [0.15, 0.2) is 34.8 Å². The van der Waals surface area contributed by atoms with Crippen molar-refractivity contribution in [3.63, 3.8) is 0 Å².